The molecule has 0 radical (unpaired) electrons. The van der Waals surface area contributed by atoms with Gasteiger partial charge in [0.25, 0.3) is 0 Å². The first-order valence-electron chi connectivity index (χ1n) is 7.41. The van der Waals surface area contributed by atoms with Gasteiger partial charge in [0, 0.05) is 6.04 Å². The normalized spacial score (nSPS) is 15.0. The highest BCUT2D eigenvalue weighted by atomic mass is 16.5. The molecule has 0 saturated heterocycles. The molecule has 0 amide bonds. The molecule has 1 aliphatic rings. The van der Waals surface area contributed by atoms with Crippen molar-refractivity contribution in [2.45, 2.75) is 25.3 Å². The van der Waals surface area contributed by atoms with E-state index in [9.17, 15) is 0 Å². The van der Waals surface area contributed by atoms with Crippen molar-refractivity contribution in [3.63, 3.8) is 0 Å². The standard InChI is InChI=1S/C18H21NO2/c1-20-17-7-3-2-5-15(17)12-16(19)13-8-9-18-14(11-13)6-4-10-21-18/h2-3,5,7-9,11,16H,4,6,10,12,19H2,1H3. The van der Waals surface area contributed by atoms with E-state index in [2.05, 4.69) is 18.2 Å². The van der Waals surface area contributed by atoms with E-state index < -0.39 is 0 Å². The number of nitrogens with two attached hydrogens (primary N) is 1. The first kappa shape index (κ1) is 14.0. The number of methoxy groups -OCH3 is 1. The molecule has 2 aromatic carbocycles. The lowest BCUT2D eigenvalue weighted by Crippen LogP contribution is -2.15. The van der Waals surface area contributed by atoms with Crippen LogP contribution in [0.5, 0.6) is 11.5 Å². The highest BCUT2D eigenvalue weighted by molar-refractivity contribution is 5.41. The molecule has 0 bridgehead atoms. The van der Waals surface area contributed by atoms with Crippen LogP contribution in [0.25, 0.3) is 0 Å². The highest BCUT2D eigenvalue weighted by Crippen LogP contribution is 2.29. The SMILES string of the molecule is COc1ccccc1CC(N)c1ccc2c(c1)CCCO2. The summed E-state index contributed by atoms with van der Waals surface area (Å²) in [6, 6.07) is 14.3. The van der Waals surface area contributed by atoms with E-state index in [4.69, 9.17) is 15.2 Å². The zero-order valence-electron chi connectivity index (χ0n) is 12.3. The zero-order valence-corrected chi connectivity index (χ0v) is 12.3. The summed E-state index contributed by atoms with van der Waals surface area (Å²) in [6.45, 7) is 0.819. The van der Waals surface area contributed by atoms with Crippen molar-refractivity contribution in [1.29, 1.82) is 0 Å². The van der Waals surface area contributed by atoms with Gasteiger partial charge in [-0.15, -0.1) is 0 Å². The number of ether oxygens (including phenoxy) is 2. The summed E-state index contributed by atoms with van der Waals surface area (Å²) in [7, 11) is 1.70. The Bertz CT molecular complexity index is 624. The van der Waals surface area contributed by atoms with Crippen LogP contribution < -0.4 is 15.2 Å². The van der Waals surface area contributed by atoms with Crippen molar-refractivity contribution < 1.29 is 9.47 Å². The van der Waals surface area contributed by atoms with E-state index in [-0.39, 0.29) is 6.04 Å². The van der Waals surface area contributed by atoms with Gasteiger partial charge >= 0.3 is 0 Å². The van der Waals surface area contributed by atoms with Gasteiger partial charge in [-0.25, -0.2) is 0 Å². The Morgan fingerprint density at radius 1 is 1.24 bits per heavy atom. The van der Waals surface area contributed by atoms with Gasteiger partial charge in [0.15, 0.2) is 0 Å². The molecule has 3 nitrogen and oxygen atoms in total. The second-order valence-electron chi connectivity index (χ2n) is 5.44. The van der Waals surface area contributed by atoms with Gasteiger partial charge in [-0.3, -0.25) is 0 Å². The van der Waals surface area contributed by atoms with E-state index in [0.717, 1.165) is 48.5 Å². The van der Waals surface area contributed by atoms with E-state index in [1.807, 2.05) is 24.3 Å². The predicted molar refractivity (Wildman–Crippen MR) is 83.9 cm³/mol. The van der Waals surface area contributed by atoms with Gasteiger partial charge in [0.2, 0.25) is 0 Å². The molecule has 0 aliphatic carbocycles. The van der Waals surface area contributed by atoms with Crippen molar-refractivity contribution in [3.05, 3.63) is 59.2 Å². The number of para-hydroxylation sites is 1. The summed E-state index contributed by atoms with van der Waals surface area (Å²) < 4.78 is 11.0. The summed E-state index contributed by atoms with van der Waals surface area (Å²) in [5, 5.41) is 0. The molecule has 110 valence electrons. The molecule has 3 heteroatoms. The molecule has 2 aromatic rings. The minimum absolute atomic E-state index is 0.0338. The number of rotatable bonds is 4. The van der Waals surface area contributed by atoms with Crippen LogP contribution in [-0.4, -0.2) is 13.7 Å². The Labute approximate surface area is 125 Å². The molecule has 21 heavy (non-hydrogen) atoms. The first-order chi connectivity index (χ1) is 10.3. The summed E-state index contributed by atoms with van der Waals surface area (Å²) in [5.41, 5.74) is 9.96. The second-order valence-corrected chi connectivity index (χ2v) is 5.44. The molecular formula is C18H21NO2. The average molecular weight is 283 g/mol. The fourth-order valence-corrected chi connectivity index (χ4v) is 2.84. The van der Waals surface area contributed by atoms with Crippen LogP contribution in [-0.2, 0) is 12.8 Å². The van der Waals surface area contributed by atoms with E-state index in [1.165, 1.54) is 5.56 Å². The lowest BCUT2D eigenvalue weighted by molar-refractivity contribution is 0.288. The molecule has 0 spiro atoms. The number of benzene rings is 2. The van der Waals surface area contributed by atoms with Crippen LogP contribution in [0.4, 0.5) is 0 Å². The second kappa shape index (κ2) is 6.19. The molecule has 1 atom stereocenters. The van der Waals surface area contributed by atoms with Crippen LogP contribution in [0.2, 0.25) is 0 Å². The molecule has 0 fully saturated rings. The summed E-state index contributed by atoms with van der Waals surface area (Å²) >= 11 is 0. The van der Waals surface area contributed by atoms with Gasteiger partial charge in [-0.1, -0.05) is 30.3 Å². The predicted octanol–water partition coefficient (Wildman–Crippen LogP) is 3.26. The van der Waals surface area contributed by atoms with Gasteiger partial charge in [-0.2, -0.15) is 0 Å². The van der Waals surface area contributed by atoms with Gasteiger partial charge in [0.05, 0.1) is 13.7 Å². The molecule has 1 unspecified atom stereocenters. The lowest BCUT2D eigenvalue weighted by atomic mass is 9.95. The number of hydrogen-bond acceptors (Lipinski definition) is 3. The molecule has 0 saturated carbocycles. The Kier molecular flexibility index (Phi) is 4.11. The van der Waals surface area contributed by atoms with Crippen molar-refractivity contribution in [2.75, 3.05) is 13.7 Å². The third-order valence-corrected chi connectivity index (χ3v) is 3.99. The summed E-state index contributed by atoms with van der Waals surface area (Å²) in [6.07, 6.45) is 2.92. The van der Waals surface area contributed by atoms with Crippen LogP contribution in [0, 0.1) is 0 Å². The largest absolute Gasteiger partial charge is 0.496 e. The maximum Gasteiger partial charge on any atom is 0.122 e. The smallest absolute Gasteiger partial charge is 0.122 e. The molecule has 0 aromatic heterocycles. The third kappa shape index (κ3) is 3.03. The topological polar surface area (TPSA) is 44.5 Å². The van der Waals surface area contributed by atoms with Crippen molar-refractivity contribution in [3.8, 4) is 11.5 Å². The minimum Gasteiger partial charge on any atom is -0.496 e. The van der Waals surface area contributed by atoms with Gasteiger partial charge in [0.1, 0.15) is 11.5 Å². The number of hydrogen-bond donors (Lipinski definition) is 1. The van der Waals surface area contributed by atoms with E-state index in [1.54, 1.807) is 7.11 Å². The third-order valence-electron chi connectivity index (χ3n) is 3.99. The summed E-state index contributed by atoms with van der Waals surface area (Å²) in [4.78, 5) is 0. The van der Waals surface area contributed by atoms with Crippen LogP contribution >= 0.6 is 0 Å². The maximum atomic E-state index is 6.39. The molecule has 1 aliphatic heterocycles. The van der Waals surface area contributed by atoms with Gasteiger partial charge < -0.3 is 15.2 Å². The quantitative estimate of drug-likeness (QED) is 0.936. The Morgan fingerprint density at radius 2 is 2.10 bits per heavy atom. The van der Waals surface area contributed by atoms with Crippen molar-refractivity contribution in [1.82, 2.24) is 0 Å². The molecule has 1 heterocycles. The summed E-state index contributed by atoms with van der Waals surface area (Å²) in [5.74, 6) is 1.91. The molecule has 2 N–H and O–H groups in total. The van der Waals surface area contributed by atoms with Crippen molar-refractivity contribution in [2.24, 2.45) is 5.73 Å². The van der Waals surface area contributed by atoms with Crippen LogP contribution in [0.15, 0.2) is 42.5 Å². The fourth-order valence-electron chi connectivity index (χ4n) is 2.84. The fraction of sp³-hybridized carbons (Fsp3) is 0.333. The van der Waals surface area contributed by atoms with Crippen LogP contribution in [0.1, 0.15) is 29.2 Å². The van der Waals surface area contributed by atoms with E-state index in [0.29, 0.717) is 0 Å². The van der Waals surface area contributed by atoms with Crippen molar-refractivity contribution >= 4 is 0 Å². The average Bonchev–Trinajstić information content (AvgIpc) is 2.55. The molecular weight excluding hydrogens is 262 g/mol. The van der Waals surface area contributed by atoms with Gasteiger partial charge in [-0.05, 0) is 48.1 Å². The van der Waals surface area contributed by atoms with Crippen LogP contribution in [0.3, 0.4) is 0 Å². The monoisotopic (exact) mass is 283 g/mol. The Hall–Kier alpha value is -2.00. The zero-order chi connectivity index (χ0) is 14.7. The Balaban J connectivity index is 1.80. The molecule has 3 rings (SSSR count). The lowest BCUT2D eigenvalue weighted by Gasteiger charge is -2.20. The van der Waals surface area contributed by atoms with E-state index >= 15 is 0 Å². The minimum atomic E-state index is -0.0338. The highest BCUT2D eigenvalue weighted by Gasteiger charge is 2.15. The number of aryl methyl sites for hydroxylation is 1. The first-order valence-corrected chi connectivity index (χ1v) is 7.41. The maximum absolute atomic E-state index is 6.39. The number of fused-ring (bicyclic) bond motifs is 1. The Morgan fingerprint density at radius 3 is 2.95 bits per heavy atom.